The van der Waals surface area contributed by atoms with E-state index >= 15 is 0 Å². The highest BCUT2D eigenvalue weighted by atomic mass is 35.5. The highest BCUT2D eigenvalue weighted by Crippen LogP contribution is 2.26. The zero-order chi connectivity index (χ0) is 9.97. The maximum Gasteiger partial charge on any atom is 0.0621 e. The largest absolute Gasteiger partial charge is 0.313 e. The van der Waals surface area contributed by atoms with E-state index < -0.39 is 0 Å². The van der Waals surface area contributed by atoms with Crippen molar-refractivity contribution in [2.45, 2.75) is 6.04 Å². The van der Waals surface area contributed by atoms with Gasteiger partial charge in [0.1, 0.15) is 0 Å². The molecule has 4 heteroatoms. The molecule has 14 heavy (non-hydrogen) atoms. The molecule has 1 radical (unpaired) electrons. The van der Waals surface area contributed by atoms with Gasteiger partial charge in [-0.1, -0.05) is 29.3 Å². The minimum Gasteiger partial charge on any atom is -0.313 e. The molecule has 0 bridgehead atoms. The first-order chi connectivity index (χ1) is 6.77. The second-order valence-corrected chi connectivity index (χ2v) is 4.11. The van der Waals surface area contributed by atoms with E-state index in [1.807, 2.05) is 18.2 Å². The van der Waals surface area contributed by atoms with Gasteiger partial charge in [-0.15, -0.1) is 0 Å². The summed E-state index contributed by atoms with van der Waals surface area (Å²) in [4.78, 5) is 0. The number of piperazine rings is 1. The normalized spacial score (nSPS) is 22.3. The number of hydrogen-bond donors (Lipinski definition) is 1. The van der Waals surface area contributed by atoms with Crippen LogP contribution in [0.25, 0.3) is 0 Å². The summed E-state index contributed by atoms with van der Waals surface area (Å²) in [7, 11) is 0. The topological polar surface area (TPSA) is 26.1 Å². The van der Waals surface area contributed by atoms with Crippen LogP contribution in [0.15, 0.2) is 18.2 Å². The fourth-order valence-electron chi connectivity index (χ4n) is 1.55. The molecule has 0 spiro atoms. The highest BCUT2D eigenvalue weighted by Gasteiger charge is 2.16. The van der Waals surface area contributed by atoms with E-state index in [-0.39, 0.29) is 6.04 Å². The third kappa shape index (κ3) is 2.20. The summed E-state index contributed by atoms with van der Waals surface area (Å²) in [6, 6.07) is 5.92. The fourth-order valence-corrected chi connectivity index (χ4v) is 1.85. The van der Waals surface area contributed by atoms with Crippen LogP contribution in [0.3, 0.4) is 0 Å². The summed E-state index contributed by atoms with van der Waals surface area (Å²) in [5.41, 5.74) is 1.13. The lowest BCUT2D eigenvalue weighted by Crippen LogP contribution is -2.38. The van der Waals surface area contributed by atoms with Crippen molar-refractivity contribution < 1.29 is 0 Å². The average Bonchev–Trinajstić information content (AvgIpc) is 2.23. The molecule has 1 atom stereocenters. The Morgan fingerprint density at radius 1 is 1.29 bits per heavy atom. The number of hydrogen-bond acceptors (Lipinski definition) is 1. The third-order valence-electron chi connectivity index (χ3n) is 2.30. The SMILES string of the molecule is Clc1ccc(C2CNCC[N]2)cc1Cl. The van der Waals surface area contributed by atoms with Gasteiger partial charge in [-0.2, -0.15) is 0 Å². The van der Waals surface area contributed by atoms with Crippen molar-refractivity contribution in [1.82, 2.24) is 10.6 Å². The maximum atomic E-state index is 5.94. The third-order valence-corrected chi connectivity index (χ3v) is 3.04. The van der Waals surface area contributed by atoms with Crippen molar-refractivity contribution in [1.29, 1.82) is 0 Å². The van der Waals surface area contributed by atoms with Gasteiger partial charge < -0.3 is 5.32 Å². The molecule has 75 valence electrons. The van der Waals surface area contributed by atoms with Crippen molar-refractivity contribution in [2.24, 2.45) is 0 Å². The molecule has 2 rings (SSSR count). The van der Waals surface area contributed by atoms with Gasteiger partial charge in [0.25, 0.3) is 0 Å². The Hall–Kier alpha value is -0.280. The van der Waals surface area contributed by atoms with Gasteiger partial charge in [0.15, 0.2) is 0 Å². The number of benzene rings is 1. The smallest absolute Gasteiger partial charge is 0.0621 e. The average molecular weight is 230 g/mol. The van der Waals surface area contributed by atoms with Crippen molar-refractivity contribution in [2.75, 3.05) is 19.6 Å². The van der Waals surface area contributed by atoms with Crippen LogP contribution in [0.4, 0.5) is 0 Å². The number of rotatable bonds is 1. The van der Waals surface area contributed by atoms with Gasteiger partial charge in [-0.25, -0.2) is 5.32 Å². The van der Waals surface area contributed by atoms with Crippen LogP contribution < -0.4 is 10.6 Å². The van der Waals surface area contributed by atoms with Crippen LogP contribution in [-0.2, 0) is 0 Å². The predicted octanol–water partition coefficient (Wildman–Crippen LogP) is 2.24. The first kappa shape index (κ1) is 10.2. The summed E-state index contributed by atoms with van der Waals surface area (Å²) in [5, 5.41) is 9.00. The van der Waals surface area contributed by atoms with E-state index in [9.17, 15) is 0 Å². The van der Waals surface area contributed by atoms with Crippen molar-refractivity contribution in [3.8, 4) is 0 Å². The van der Waals surface area contributed by atoms with Crippen LogP contribution in [0.5, 0.6) is 0 Å². The summed E-state index contributed by atoms with van der Waals surface area (Å²) in [6.07, 6.45) is 0. The Labute approximate surface area is 93.6 Å². The lowest BCUT2D eigenvalue weighted by molar-refractivity contribution is 0.421. The second kappa shape index (κ2) is 4.49. The molecule has 1 fully saturated rings. The van der Waals surface area contributed by atoms with Crippen molar-refractivity contribution in [3.05, 3.63) is 33.8 Å². The molecule has 1 N–H and O–H groups in total. The molecule has 0 aromatic heterocycles. The predicted molar refractivity (Wildman–Crippen MR) is 59.1 cm³/mol. The molecule has 0 aliphatic carbocycles. The summed E-state index contributed by atoms with van der Waals surface area (Å²) in [6.45, 7) is 2.72. The van der Waals surface area contributed by atoms with E-state index in [1.165, 1.54) is 0 Å². The number of halogens is 2. The van der Waals surface area contributed by atoms with Crippen LogP contribution >= 0.6 is 23.2 Å². The van der Waals surface area contributed by atoms with Crippen LogP contribution in [-0.4, -0.2) is 19.6 Å². The Morgan fingerprint density at radius 3 is 2.79 bits per heavy atom. The molecular formula is C10H11Cl2N2. The quantitative estimate of drug-likeness (QED) is 0.786. The molecule has 1 saturated heterocycles. The van der Waals surface area contributed by atoms with Crippen LogP contribution in [0, 0.1) is 0 Å². The summed E-state index contributed by atoms with van der Waals surface area (Å²) >= 11 is 11.8. The molecule has 1 unspecified atom stereocenters. The monoisotopic (exact) mass is 229 g/mol. The summed E-state index contributed by atoms with van der Waals surface area (Å²) in [5.74, 6) is 0. The molecule has 0 saturated carbocycles. The number of nitrogens with zero attached hydrogens (tertiary/aromatic N) is 1. The fraction of sp³-hybridized carbons (Fsp3) is 0.400. The van der Waals surface area contributed by atoms with E-state index in [0.29, 0.717) is 10.0 Å². The lowest BCUT2D eigenvalue weighted by atomic mass is 10.1. The van der Waals surface area contributed by atoms with Gasteiger partial charge in [0.05, 0.1) is 16.1 Å². The van der Waals surface area contributed by atoms with Crippen LogP contribution in [0.2, 0.25) is 10.0 Å². The molecule has 1 heterocycles. The Kier molecular flexibility index (Phi) is 3.29. The zero-order valence-corrected chi connectivity index (χ0v) is 9.15. The maximum absolute atomic E-state index is 5.94. The van der Waals surface area contributed by atoms with Gasteiger partial charge in [0.2, 0.25) is 0 Å². The standard InChI is InChI=1S/C10H11Cl2N2/c11-8-2-1-7(5-9(8)12)10-6-13-3-4-14-10/h1-2,5,10,13H,3-4,6H2. The van der Waals surface area contributed by atoms with Crippen LogP contribution in [0.1, 0.15) is 11.6 Å². The minimum absolute atomic E-state index is 0.221. The van der Waals surface area contributed by atoms with Crippen molar-refractivity contribution >= 4 is 23.2 Å². The van der Waals surface area contributed by atoms with Gasteiger partial charge >= 0.3 is 0 Å². The molecule has 2 nitrogen and oxygen atoms in total. The van der Waals surface area contributed by atoms with E-state index in [1.54, 1.807) is 0 Å². The van der Waals surface area contributed by atoms with E-state index in [0.717, 1.165) is 25.2 Å². The molecule has 1 aliphatic rings. The Balaban J connectivity index is 2.18. The van der Waals surface area contributed by atoms with E-state index in [4.69, 9.17) is 23.2 Å². The number of nitrogens with one attached hydrogen (secondary N) is 1. The first-order valence-electron chi connectivity index (χ1n) is 4.59. The Bertz CT molecular complexity index is 322. The van der Waals surface area contributed by atoms with Gasteiger partial charge in [0, 0.05) is 19.6 Å². The second-order valence-electron chi connectivity index (χ2n) is 3.30. The summed E-state index contributed by atoms with van der Waals surface area (Å²) < 4.78 is 0. The lowest BCUT2D eigenvalue weighted by Gasteiger charge is -2.23. The molecule has 1 aromatic rings. The molecule has 1 aromatic carbocycles. The van der Waals surface area contributed by atoms with Crippen molar-refractivity contribution in [3.63, 3.8) is 0 Å². The molecule has 1 aliphatic heterocycles. The van der Waals surface area contributed by atoms with Gasteiger partial charge in [-0.3, -0.25) is 0 Å². The minimum atomic E-state index is 0.221. The Morgan fingerprint density at radius 2 is 2.14 bits per heavy atom. The van der Waals surface area contributed by atoms with Gasteiger partial charge in [-0.05, 0) is 17.7 Å². The first-order valence-corrected chi connectivity index (χ1v) is 5.35. The molecular weight excluding hydrogens is 219 g/mol. The zero-order valence-electron chi connectivity index (χ0n) is 7.63. The van der Waals surface area contributed by atoms with E-state index in [2.05, 4.69) is 10.6 Å². The molecule has 0 amide bonds. The highest BCUT2D eigenvalue weighted by molar-refractivity contribution is 6.42.